The molecular weight excluding hydrogens is 560 g/mol. The zero-order valence-corrected chi connectivity index (χ0v) is 26.3. The highest BCUT2D eigenvalue weighted by Gasteiger charge is 2.18. The Morgan fingerprint density at radius 1 is 0.841 bits per heavy atom. The average Bonchev–Trinajstić information content (AvgIpc) is 3.01. The number of carbonyl (C=O) groups excluding carboxylic acids is 1. The molecule has 0 aliphatic rings. The van der Waals surface area contributed by atoms with Crippen molar-refractivity contribution in [2.75, 3.05) is 18.5 Å². The third-order valence-corrected chi connectivity index (χ3v) is 7.44. The van der Waals surface area contributed by atoms with E-state index in [9.17, 15) is 19.7 Å². The van der Waals surface area contributed by atoms with Gasteiger partial charge in [0.2, 0.25) is 0 Å². The van der Waals surface area contributed by atoms with Crippen molar-refractivity contribution in [1.29, 1.82) is 0 Å². The number of rotatable bonds is 25. The molecule has 0 radical (unpaired) electrons. The van der Waals surface area contributed by atoms with Crippen LogP contribution >= 0.6 is 0 Å². The molecule has 242 valence electrons. The summed E-state index contributed by atoms with van der Waals surface area (Å²) in [6.07, 6.45) is 18.9. The predicted molar refractivity (Wildman–Crippen MR) is 174 cm³/mol. The lowest BCUT2D eigenvalue weighted by Crippen LogP contribution is -2.07. The van der Waals surface area contributed by atoms with Gasteiger partial charge in [0, 0.05) is 18.3 Å². The SMILES string of the molecule is CCCCCCCCCCCCCCCCCOC(=O)c1ccc(N=NCc2ccc(NCCC(=O)O)cc2)c([N+](=O)[O-])c1. The summed E-state index contributed by atoms with van der Waals surface area (Å²) in [5.74, 6) is -1.46. The Morgan fingerprint density at radius 2 is 1.41 bits per heavy atom. The van der Waals surface area contributed by atoms with Gasteiger partial charge in [-0.2, -0.15) is 5.11 Å². The molecular formula is C34H50N4O6. The second kappa shape index (κ2) is 22.7. The van der Waals surface area contributed by atoms with Gasteiger partial charge < -0.3 is 15.2 Å². The molecule has 0 saturated heterocycles. The molecule has 0 heterocycles. The molecule has 0 amide bonds. The fourth-order valence-electron chi connectivity index (χ4n) is 4.84. The number of nitro groups is 1. The monoisotopic (exact) mass is 610 g/mol. The lowest BCUT2D eigenvalue weighted by Gasteiger charge is -2.06. The van der Waals surface area contributed by atoms with Crippen LogP contribution in [0.4, 0.5) is 17.1 Å². The van der Waals surface area contributed by atoms with Crippen molar-refractivity contribution in [2.24, 2.45) is 10.2 Å². The highest BCUT2D eigenvalue weighted by molar-refractivity contribution is 5.91. The molecule has 0 aliphatic carbocycles. The maximum atomic E-state index is 12.5. The van der Waals surface area contributed by atoms with Crippen molar-refractivity contribution in [1.82, 2.24) is 0 Å². The first-order valence-corrected chi connectivity index (χ1v) is 16.3. The largest absolute Gasteiger partial charge is 0.481 e. The number of nitro benzene ring substituents is 1. The second-order valence-electron chi connectivity index (χ2n) is 11.2. The Morgan fingerprint density at radius 3 is 1.95 bits per heavy atom. The fraction of sp³-hybridized carbons (Fsp3) is 0.588. The Balaban J connectivity index is 1.63. The minimum Gasteiger partial charge on any atom is -0.481 e. The van der Waals surface area contributed by atoms with Crippen molar-refractivity contribution < 1.29 is 24.4 Å². The molecule has 0 aromatic heterocycles. The molecule has 0 fully saturated rings. The number of benzene rings is 2. The summed E-state index contributed by atoms with van der Waals surface area (Å²) in [5, 5.41) is 31.4. The normalized spacial score (nSPS) is 11.1. The van der Waals surface area contributed by atoms with Crippen molar-refractivity contribution in [3.63, 3.8) is 0 Å². The molecule has 0 saturated carbocycles. The summed E-state index contributed by atoms with van der Waals surface area (Å²) in [6.45, 7) is 3.07. The fourth-order valence-corrected chi connectivity index (χ4v) is 4.84. The van der Waals surface area contributed by atoms with E-state index in [4.69, 9.17) is 9.84 Å². The molecule has 0 unspecified atom stereocenters. The van der Waals surface area contributed by atoms with Gasteiger partial charge in [-0.25, -0.2) is 4.79 Å². The number of azo groups is 1. The van der Waals surface area contributed by atoms with E-state index in [0.717, 1.165) is 30.5 Å². The van der Waals surface area contributed by atoms with Crippen LogP contribution in [0.25, 0.3) is 0 Å². The van der Waals surface area contributed by atoms with Gasteiger partial charge in [-0.15, -0.1) is 5.11 Å². The number of carboxylic acids is 1. The summed E-state index contributed by atoms with van der Waals surface area (Å²) >= 11 is 0. The number of hydrogen-bond acceptors (Lipinski definition) is 8. The van der Waals surface area contributed by atoms with Crippen LogP contribution in [0.15, 0.2) is 52.7 Å². The summed E-state index contributed by atoms with van der Waals surface area (Å²) in [6, 6.07) is 11.3. The van der Waals surface area contributed by atoms with Crippen LogP contribution in [0.2, 0.25) is 0 Å². The Hall–Kier alpha value is -3.82. The summed E-state index contributed by atoms with van der Waals surface area (Å²) in [4.78, 5) is 34.1. The van der Waals surface area contributed by atoms with Gasteiger partial charge in [-0.3, -0.25) is 14.9 Å². The van der Waals surface area contributed by atoms with E-state index >= 15 is 0 Å². The number of ether oxygens (including phenoxy) is 1. The Bertz CT molecular complexity index is 1150. The zero-order valence-electron chi connectivity index (χ0n) is 26.3. The number of nitrogens with one attached hydrogen (secondary N) is 1. The van der Waals surface area contributed by atoms with Gasteiger partial charge in [0.05, 0.1) is 30.1 Å². The number of aliphatic carboxylic acids is 1. The summed E-state index contributed by atoms with van der Waals surface area (Å²) in [5.41, 5.74) is 1.47. The van der Waals surface area contributed by atoms with Crippen molar-refractivity contribution in [3.8, 4) is 0 Å². The molecule has 0 bridgehead atoms. The number of anilines is 1. The third kappa shape index (κ3) is 16.1. The minimum absolute atomic E-state index is 0.0186. The first-order chi connectivity index (χ1) is 21.4. The van der Waals surface area contributed by atoms with Crippen LogP contribution in [-0.2, 0) is 16.1 Å². The first-order valence-electron chi connectivity index (χ1n) is 16.3. The second-order valence-corrected chi connectivity index (χ2v) is 11.2. The van der Waals surface area contributed by atoms with Crippen molar-refractivity contribution >= 4 is 29.0 Å². The van der Waals surface area contributed by atoms with Crippen LogP contribution < -0.4 is 5.32 Å². The van der Waals surface area contributed by atoms with Crippen LogP contribution in [0.5, 0.6) is 0 Å². The van der Waals surface area contributed by atoms with Crippen LogP contribution in [0.3, 0.4) is 0 Å². The average molecular weight is 611 g/mol. The van der Waals surface area contributed by atoms with E-state index in [1.165, 1.54) is 95.2 Å². The molecule has 10 nitrogen and oxygen atoms in total. The highest BCUT2D eigenvalue weighted by Crippen LogP contribution is 2.29. The van der Waals surface area contributed by atoms with Crippen molar-refractivity contribution in [2.45, 2.75) is 116 Å². The molecule has 2 aromatic rings. The van der Waals surface area contributed by atoms with E-state index < -0.39 is 16.9 Å². The topological polar surface area (TPSA) is 143 Å². The highest BCUT2D eigenvalue weighted by atomic mass is 16.6. The van der Waals surface area contributed by atoms with E-state index in [1.54, 1.807) is 12.1 Å². The molecule has 2 rings (SSSR count). The van der Waals surface area contributed by atoms with Gasteiger partial charge in [0.15, 0.2) is 5.69 Å². The molecule has 0 aliphatic heterocycles. The summed E-state index contributed by atoms with van der Waals surface area (Å²) in [7, 11) is 0. The van der Waals surface area contributed by atoms with Gasteiger partial charge in [0.1, 0.15) is 0 Å². The lowest BCUT2D eigenvalue weighted by atomic mass is 10.0. The summed E-state index contributed by atoms with van der Waals surface area (Å²) < 4.78 is 5.35. The van der Waals surface area contributed by atoms with Gasteiger partial charge in [-0.05, 0) is 36.2 Å². The van der Waals surface area contributed by atoms with Gasteiger partial charge >= 0.3 is 11.9 Å². The Labute approximate surface area is 261 Å². The van der Waals surface area contributed by atoms with E-state index in [2.05, 4.69) is 22.5 Å². The third-order valence-electron chi connectivity index (χ3n) is 7.44. The maximum absolute atomic E-state index is 12.5. The number of esters is 1. The first kappa shape index (κ1) is 36.4. The van der Waals surface area contributed by atoms with E-state index in [1.807, 2.05) is 12.1 Å². The number of carboxylic acid groups (broad SMARTS) is 1. The number of hydrogen-bond donors (Lipinski definition) is 2. The molecule has 0 spiro atoms. The number of nitrogens with zero attached hydrogens (tertiary/aromatic N) is 3. The van der Waals surface area contributed by atoms with Crippen LogP contribution in [0.1, 0.15) is 126 Å². The smallest absolute Gasteiger partial charge is 0.338 e. The zero-order chi connectivity index (χ0) is 31.8. The van der Waals surface area contributed by atoms with E-state index in [-0.39, 0.29) is 29.9 Å². The standard InChI is InChI=1S/C34H50N4O6/c1-2-3-4-5-6-7-8-9-10-11-12-13-14-15-16-25-44-34(41)29-19-22-31(32(26-29)38(42)43)37-36-27-28-17-20-30(21-18-28)35-24-23-33(39)40/h17-22,26,35H,2-16,23-25,27H2,1H3,(H,39,40). The molecule has 10 heteroatoms. The predicted octanol–water partition coefficient (Wildman–Crippen LogP) is 9.79. The van der Waals surface area contributed by atoms with Gasteiger partial charge in [-0.1, -0.05) is 109 Å². The maximum Gasteiger partial charge on any atom is 0.338 e. The molecule has 44 heavy (non-hydrogen) atoms. The molecule has 0 atom stereocenters. The number of unbranched alkanes of at least 4 members (excludes halogenated alkanes) is 14. The molecule has 2 N–H and O–H groups in total. The lowest BCUT2D eigenvalue weighted by molar-refractivity contribution is -0.384. The van der Waals surface area contributed by atoms with Crippen molar-refractivity contribution in [3.05, 3.63) is 63.7 Å². The Kier molecular flexibility index (Phi) is 18.7. The van der Waals surface area contributed by atoms with E-state index in [0.29, 0.717) is 13.2 Å². The number of carbonyl (C=O) groups is 2. The molecule has 2 aromatic carbocycles. The van der Waals surface area contributed by atoms with Gasteiger partial charge in [0.25, 0.3) is 5.69 Å². The van der Waals surface area contributed by atoms with Crippen LogP contribution in [-0.4, -0.2) is 35.1 Å². The van der Waals surface area contributed by atoms with Crippen LogP contribution in [0, 0.1) is 10.1 Å². The minimum atomic E-state index is -0.871. The quantitative estimate of drug-likeness (QED) is 0.0374.